The van der Waals surface area contributed by atoms with Crippen LogP contribution in [0, 0.1) is 0 Å². The molecule has 0 aliphatic heterocycles. The minimum Gasteiger partial charge on any atom is -0.468 e. The van der Waals surface area contributed by atoms with Gasteiger partial charge in [0, 0.05) is 11.8 Å². The fraction of sp³-hybridized carbons (Fsp3) is 0.0400. The van der Waals surface area contributed by atoms with Crippen LogP contribution >= 0.6 is 0 Å². The summed E-state index contributed by atoms with van der Waals surface area (Å²) < 4.78 is 37.8. The number of fused-ring (bicyclic) bond motifs is 1. The Balaban J connectivity index is 1.21. The Bertz CT molecular complexity index is 1580. The normalized spacial score (nSPS) is 11.9. The molecule has 0 spiro atoms. The molecule has 0 aliphatic carbocycles. The van der Waals surface area contributed by atoms with Crippen molar-refractivity contribution in [2.45, 2.75) is 11.4 Å². The second-order valence-electron chi connectivity index (χ2n) is 7.59. The van der Waals surface area contributed by atoms with Crippen LogP contribution in [-0.2, 0) is 21.4 Å². The number of rotatable bonds is 8. The Morgan fingerprint density at radius 2 is 1.80 bits per heavy atom. The van der Waals surface area contributed by atoms with Crippen LogP contribution in [-0.4, -0.2) is 24.3 Å². The molecule has 9 nitrogen and oxygen atoms in total. The standard InChI is InChI=1S/C25H20N4O5S/c30-24(27-18-8-11-21-22(15-18)29-25(28-21)23-4-2-14-34-23)12-7-17-5-9-20(10-6-17)35(31,32)26-16-19-3-1-13-33-19/h1-15,26H,16H2,(H,27,30)(H,28,29)/b12-7+. The number of carbonyl (C=O) groups excluding carboxylic acids is 1. The Hall–Kier alpha value is -4.41. The van der Waals surface area contributed by atoms with Crippen molar-refractivity contribution in [3.63, 3.8) is 0 Å². The molecule has 0 saturated carbocycles. The van der Waals surface area contributed by atoms with Crippen LogP contribution in [0.4, 0.5) is 5.69 Å². The minimum absolute atomic E-state index is 0.0612. The van der Waals surface area contributed by atoms with Gasteiger partial charge in [-0.05, 0) is 66.2 Å². The number of anilines is 1. The number of nitrogens with one attached hydrogen (secondary N) is 3. The number of furan rings is 2. The highest BCUT2D eigenvalue weighted by atomic mass is 32.2. The van der Waals surface area contributed by atoms with E-state index in [1.807, 2.05) is 6.07 Å². The van der Waals surface area contributed by atoms with Crippen LogP contribution < -0.4 is 10.0 Å². The lowest BCUT2D eigenvalue weighted by Gasteiger charge is -2.06. The molecule has 0 radical (unpaired) electrons. The van der Waals surface area contributed by atoms with Gasteiger partial charge in [0.05, 0.1) is 35.0 Å². The summed E-state index contributed by atoms with van der Waals surface area (Å²) in [5.41, 5.74) is 2.79. The zero-order valence-electron chi connectivity index (χ0n) is 18.3. The molecule has 3 aromatic heterocycles. The lowest BCUT2D eigenvalue weighted by molar-refractivity contribution is -0.111. The quantitative estimate of drug-likeness (QED) is 0.275. The maximum absolute atomic E-state index is 12.4. The Kier molecular flexibility index (Phi) is 6.04. The van der Waals surface area contributed by atoms with Crippen molar-refractivity contribution in [1.29, 1.82) is 0 Å². The van der Waals surface area contributed by atoms with E-state index in [0.29, 0.717) is 28.6 Å². The molecule has 0 unspecified atom stereocenters. The van der Waals surface area contributed by atoms with Crippen LogP contribution in [0.1, 0.15) is 11.3 Å². The molecule has 1 amide bonds. The van der Waals surface area contributed by atoms with E-state index in [2.05, 4.69) is 20.0 Å². The third kappa shape index (κ3) is 5.24. The monoisotopic (exact) mass is 488 g/mol. The second-order valence-corrected chi connectivity index (χ2v) is 9.36. The van der Waals surface area contributed by atoms with Crippen LogP contribution in [0.3, 0.4) is 0 Å². The number of sulfonamides is 1. The number of aromatic amines is 1. The summed E-state index contributed by atoms with van der Waals surface area (Å²) in [4.78, 5) is 20.1. The lowest BCUT2D eigenvalue weighted by Crippen LogP contribution is -2.22. The van der Waals surface area contributed by atoms with Crippen molar-refractivity contribution in [2.75, 3.05) is 5.32 Å². The molecule has 2 aromatic carbocycles. The number of amides is 1. The average molecular weight is 489 g/mol. The first-order valence-corrected chi connectivity index (χ1v) is 12.1. The Labute approximate surface area is 200 Å². The van der Waals surface area contributed by atoms with Gasteiger partial charge in [0.15, 0.2) is 11.6 Å². The molecular weight excluding hydrogens is 468 g/mol. The fourth-order valence-corrected chi connectivity index (χ4v) is 4.39. The SMILES string of the molecule is O=C(/C=C/c1ccc(S(=O)(=O)NCc2ccco2)cc1)Nc1ccc2nc(-c3ccco3)[nH]c2c1. The minimum atomic E-state index is -3.68. The molecule has 3 heterocycles. The van der Waals surface area contributed by atoms with Crippen LogP contribution in [0.2, 0.25) is 0 Å². The summed E-state index contributed by atoms with van der Waals surface area (Å²) >= 11 is 0. The Morgan fingerprint density at radius 3 is 2.54 bits per heavy atom. The molecule has 10 heteroatoms. The average Bonchev–Trinajstić information content (AvgIpc) is 3.63. The van der Waals surface area contributed by atoms with Gasteiger partial charge in [-0.15, -0.1) is 0 Å². The molecule has 176 valence electrons. The van der Waals surface area contributed by atoms with E-state index in [-0.39, 0.29) is 17.3 Å². The van der Waals surface area contributed by atoms with E-state index in [1.165, 1.54) is 24.5 Å². The highest BCUT2D eigenvalue weighted by molar-refractivity contribution is 7.89. The molecule has 0 bridgehead atoms. The molecule has 0 aliphatic rings. The van der Waals surface area contributed by atoms with Crippen LogP contribution in [0.15, 0.2) is 99.1 Å². The second kappa shape index (κ2) is 9.45. The summed E-state index contributed by atoms with van der Waals surface area (Å²) in [6, 6.07) is 18.5. The maximum atomic E-state index is 12.4. The van der Waals surface area contributed by atoms with Crippen molar-refractivity contribution < 1.29 is 22.0 Å². The first kappa shape index (κ1) is 22.4. The summed E-state index contributed by atoms with van der Waals surface area (Å²) in [6.45, 7) is 0.0612. The summed E-state index contributed by atoms with van der Waals surface area (Å²) in [7, 11) is -3.68. The number of hydrogen-bond donors (Lipinski definition) is 3. The number of benzene rings is 2. The zero-order valence-corrected chi connectivity index (χ0v) is 19.1. The molecule has 5 aromatic rings. The number of hydrogen-bond acceptors (Lipinski definition) is 6. The topological polar surface area (TPSA) is 130 Å². The van der Waals surface area contributed by atoms with Gasteiger partial charge < -0.3 is 19.1 Å². The number of nitrogens with zero attached hydrogens (tertiary/aromatic N) is 1. The molecule has 0 saturated heterocycles. The molecular formula is C25H20N4O5S. The first-order chi connectivity index (χ1) is 17.0. The predicted octanol–water partition coefficient (Wildman–Crippen LogP) is 4.55. The molecule has 35 heavy (non-hydrogen) atoms. The van der Waals surface area contributed by atoms with Crippen LogP contribution in [0.5, 0.6) is 0 Å². The highest BCUT2D eigenvalue weighted by Gasteiger charge is 2.14. The Morgan fingerprint density at radius 1 is 1.00 bits per heavy atom. The largest absolute Gasteiger partial charge is 0.468 e. The van der Waals surface area contributed by atoms with Gasteiger partial charge in [-0.1, -0.05) is 12.1 Å². The van der Waals surface area contributed by atoms with Gasteiger partial charge in [-0.25, -0.2) is 18.1 Å². The fourth-order valence-electron chi connectivity index (χ4n) is 3.39. The third-order valence-corrected chi connectivity index (χ3v) is 6.56. The van der Waals surface area contributed by atoms with Gasteiger partial charge in [0.2, 0.25) is 15.9 Å². The van der Waals surface area contributed by atoms with Crippen molar-refractivity contribution in [1.82, 2.24) is 14.7 Å². The zero-order chi connectivity index (χ0) is 24.3. The van der Waals surface area contributed by atoms with Gasteiger partial charge >= 0.3 is 0 Å². The smallest absolute Gasteiger partial charge is 0.248 e. The van der Waals surface area contributed by atoms with Gasteiger partial charge in [-0.3, -0.25) is 4.79 Å². The van der Waals surface area contributed by atoms with Gasteiger partial charge in [-0.2, -0.15) is 0 Å². The van der Waals surface area contributed by atoms with Crippen LogP contribution in [0.25, 0.3) is 28.7 Å². The van der Waals surface area contributed by atoms with Crippen molar-refractivity contribution in [3.05, 3.63) is 96.7 Å². The van der Waals surface area contributed by atoms with E-state index < -0.39 is 10.0 Å². The van der Waals surface area contributed by atoms with Gasteiger partial charge in [0.1, 0.15) is 5.76 Å². The molecule has 3 N–H and O–H groups in total. The molecule has 0 fully saturated rings. The summed E-state index contributed by atoms with van der Waals surface area (Å²) in [5.74, 6) is 1.42. The number of aromatic nitrogens is 2. The number of carbonyl (C=O) groups is 1. The van der Waals surface area contributed by atoms with E-state index in [0.717, 1.165) is 11.0 Å². The number of imidazole rings is 1. The van der Waals surface area contributed by atoms with E-state index >= 15 is 0 Å². The van der Waals surface area contributed by atoms with Crippen molar-refractivity contribution in [2.24, 2.45) is 0 Å². The predicted molar refractivity (Wildman–Crippen MR) is 131 cm³/mol. The van der Waals surface area contributed by atoms with Crippen molar-refractivity contribution in [3.8, 4) is 11.6 Å². The number of H-pyrrole nitrogens is 1. The summed E-state index contributed by atoms with van der Waals surface area (Å²) in [5, 5.41) is 2.80. The van der Waals surface area contributed by atoms with Crippen molar-refractivity contribution >= 4 is 38.7 Å². The summed E-state index contributed by atoms with van der Waals surface area (Å²) in [6.07, 6.45) is 6.04. The molecule has 5 rings (SSSR count). The lowest BCUT2D eigenvalue weighted by atomic mass is 10.2. The maximum Gasteiger partial charge on any atom is 0.248 e. The first-order valence-electron chi connectivity index (χ1n) is 10.6. The van der Waals surface area contributed by atoms with E-state index in [4.69, 9.17) is 8.83 Å². The van der Waals surface area contributed by atoms with Gasteiger partial charge in [0.25, 0.3) is 0 Å². The third-order valence-electron chi connectivity index (χ3n) is 5.14. The van der Waals surface area contributed by atoms with E-state index in [1.54, 1.807) is 60.9 Å². The highest BCUT2D eigenvalue weighted by Crippen LogP contribution is 2.23. The molecule has 0 atom stereocenters. The van der Waals surface area contributed by atoms with E-state index in [9.17, 15) is 13.2 Å².